The van der Waals surface area contributed by atoms with Gasteiger partial charge in [-0.15, -0.1) is 0 Å². The van der Waals surface area contributed by atoms with Crippen molar-refractivity contribution >= 4 is 17.4 Å². The molecule has 7 nitrogen and oxygen atoms in total. The van der Waals surface area contributed by atoms with Crippen molar-refractivity contribution in [2.45, 2.75) is 0 Å². The number of anilines is 1. The number of hydrogen-bond donors (Lipinski definition) is 3. The Kier molecular flexibility index (Phi) is 6.27. The van der Waals surface area contributed by atoms with E-state index in [4.69, 9.17) is 21.6 Å². The molecule has 0 saturated heterocycles. The normalized spacial score (nSPS) is 10.5. The lowest BCUT2D eigenvalue weighted by Crippen LogP contribution is -2.21. The third-order valence-corrected chi connectivity index (χ3v) is 5.32. The number of pyridine rings is 1. The number of nitrogens with zero attached hydrogens (tertiary/aromatic N) is 2. The largest absolute Gasteiger partial charge is 0.457 e. The first kappa shape index (κ1) is 22.5. The molecule has 5 N–H and O–H groups in total. The second kappa shape index (κ2) is 9.46. The van der Waals surface area contributed by atoms with Crippen LogP contribution in [0.25, 0.3) is 22.4 Å². The molecular formula is C27H25N5O2. The second-order valence-corrected chi connectivity index (χ2v) is 7.94. The monoisotopic (exact) mass is 451 g/mol. The zero-order valence-corrected chi connectivity index (χ0v) is 18.9. The maximum atomic E-state index is 12.4. The first-order valence-electron chi connectivity index (χ1n) is 10.6. The summed E-state index contributed by atoms with van der Waals surface area (Å²) >= 11 is 0. The Morgan fingerprint density at radius 1 is 0.912 bits per heavy atom. The Morgan fingerprint density at radius 3 is 2.24 bits per heavy atom. The van der Waals surface area contributed by atoms with Crippen LogP contribution in [0.2, 0.25) is 0 Å². The lowest BCUT2D eigenvalue weighted by atomic mass is 9.96. The number of hydrogen-bond acceptors (Lipinski definition) is 5. The molecular weight excluding hydrogens is 426 g/mol. The van der Waals surface area contributed by atoms with E-state index in [1.807, 2.05) is 60.7 Å². The van der Waals surface area contributed by atoms with Gasteiger partial charge >= 0.3 is 0 Å². The van der Waals surface area contributed by atoms with Crippen molar-refractivity contribution < 1.29 is 9.53 Å². The van der Waals surface area contributed by atoms with E-state index in [2.05, 4.69) is 4.98 Å². The van der Waals surface area contributed by atoms with Gasteiger partial charge in [0, 0.05) is 37.0 Å². The summed E-state index contributed by atoms with van der Waals surface area (Å²) in [4.78, 5) is 18.5. The van der Waals surface area contributed by atoms with Crippen molar-refractivity contribution in [3.05, 3.63) is 96.2 Å². The third kappa shape index (κ3) is 4.59. The summed E-state index contributed by atoms with van der Waals surface area (Å²) in [5, 5.41) is 8.17. The molecule has 170 valence electrons. The highest BCUT2D eigenvalue weighted by Crippen LogP contribution is 2.35. The second-order valence-electron chi connectivity index (χ2n) is 7.94. The van der Waals surface area contributed by atoms with Gasteiger partial charge in [-0.2, -0.15) is 0 Å². The summed E-state index contributed by atoms with van der Waals surface area (Å²) in [6.07, 6.45) is 1.65. The first-order valence-corrected chi connectivity index (χ1v) is 10.6. The van der Waals surface area contributed by atoms with Crippen molar-refractivity contribution in [3.8, 4) is 33.9 Å². The van der Waals surface area contributed by atoms with Crippen LogP contribution in [0.4, 0.5) is 5.69 Å². The van der Waals surface area contributed by atoms with E-state index in [-0.39, 0.29) is 17.4 Å². The summed E-state index contributed by atoms with van der Waals surface area (Å²) in [6.45, 7) is 0. The number of para-hydroxylation sites is 1. The zero-order chi connectivity index (χ0) is 24.2. The van der Waals surface area contributed by atoms with E-state index in [1.54, 1.807) is 38.5 Å². The highest BCUT2D eigenvalue weighted by Gasteiger charge is 2.18. The summed E-state index contributed by atoms with van der Waals surface area (Å²) in [6, 6.07) is 24.0. The van der Waals surface area contributed by atoms with Crippen LogP contribution < -0.4 is 16.2 Å². The number of ether oxygens (including phenoxy) is 1. The van der Waals surface area contributed by atoms with Gasteiger partial charge in [-0.3, -0.25) is 15.2 Å². The van der Waals surface area contributed by atoms with Crippen LogP contribution in [0, 0.1) is 5.41 Å². The molecule has 0 unspecified atom stereocenters. The van der Waals surface area contributed by atoms with Crippen molar-refractivity contribution in [3.63, 3.8) is 0 Å². The van der Waals surface area contributed by atoms with Gasteiger partial charge in [0.05, 0.1) is 16.9 Å². The predicted octanol–water partition coefficient (Wildman–Crippen LogP) is 4.78. The Bertz CT molecular complexity index is 1350. The maximum Gasteiger partial charge on any atom is 0.253 e. The van der Waals surface area contributed by atoms with Crippen LogP contribution in [0.5, 0.6) is 11.5 Å². The van der Waals surface area contributed by atoms with Gasteiger partial charge in [-0.05, 0) is 42.0 Å². The zero-order valence-electron chi connectivity index (χ0n) is 18.9. The van der Waals surface area contributed by atoms with Crippen LogP contribution in [0.3, 0.4) is 0 Å². The minimum absolute atomic E-state index is 0.123. The molecule has 4 aromatic rings. The smallest absolute Gasteiger partial charge is 0.253 e. The van der Waals surface area contributed by atoms with Crippen LogP contribution >= 0.6 is 0 Å². The fourth-order valence-corrected chi connectivity index (χ4v) is 3.65. The molecule has 1 amide bonds. The Balaban J connectivity index is 1.71. The molecule has 7 heteroatoms. The van der Waals surface area contributed by atoms with E-state index in [1.165, 1.54) is 4.90 Å². The molecule has 0 fully saturated rings. The minimum Gasteiger partial charge on any atom is -0.457 e. The predicted molar refractivity (Wildman–Crippen MR) is 135 cm³/mol. The number of nitrogens with one attached hydrogen (secondary N) is 1. The molecule has 0 atom stereocenters. The van der Waals surface area contributed by atoms with Crippen LogP contribution in [0.15, 0.2) is 85.1 Å². The van der Waals surface area contributed by atoms with Gasteiger partial charge in [0.1, 0.15) is 17.3 Å². The molecule has 4 rings (SSSR count). The standard InChI is InChI=1S/C27H25N5O2/c1-32(2)27(33)19-8-6-7-18(15-19)25-24(28)23(26(29)30)22(16-31-25)17-11-13-21(14-12-17)34-20-9-4-3-5-10-20/h3-16H,28H2,1-2H3,(H3,29,30). The molecule has 3 aromatic carbocycles. The summed E-state index contributed by atoms with van der Waals surface area (Å²) in [5.41, 5.74) is 16.2. The number of nitrogen functional groups attached to an aromatic ring is 2. The maximum absolute atomic E-state index is 12.4. The average molecular weight is 452 g/mol. The van der Waals surface area contributed by atoms with Gasteiger partial charge in [0.25, 0.3) is 5.91 Å². The van der Waals surface area contributed by atoms with E-state index in [9.17, 15) is 4.79 Å². The van der Waals surface area contributed by atoms with Crippen molar-refractivity contribution in [1.29, 1.82) is 5.41 Å². The van der Waals surface area contributed by atoms with Gasteiger partial charge in [0.2, 0.25) is 0 Å². The molecule has 0 radical (unpaired) electrons. The van der Waals surface area contributed by atoms with Gasteiger partial charge < -0.3 is 21.1 Å². The van der Waals surface area contributed by atoms with E-state index in [0.717, 1.165) is 11.3 Å². The van der Waals surface area contributed by atoms with Crippen LogP contribution in [-0.4, -0.2) is 35.7 Å². The lowest BCUT2D eigenvalue weighted by Gasteiger charge is -2.16. The summed E-state index contributed by atoms with van der Waals surface area (Å²) < 4.78 is 5.86. The quantitative estimate of drug-likeness (QED) is 0.288. The Labute approximate surface area is 198 Å². The van der Waals surface area contributed by atoms with E-state index < -0.39 is 0 Å². The van der Waals surface area contributed by atoms with Crippen molar-refractivity contribution in [2.24, 2.45) is 5.73 Å². The number of amidine groups is 1. The molecule has 0 aliphatic rings. The number of aromatic nitrogens is 1. The molecule has 0 aliphatic carbocycles. The fraction of sp³-hybridized carbons (Fsp3) is 0.0741. The van der Waals surface area contributed by atoms with Crippen LogP contribution in [0.1, 0.15) is 15.9 Å². The Morgan fingerprint density at radius 2 is 1.59 bits per heavy atom. The summed E-state index contributed by atoms with van der Waals surface area (Å²) in [7, 11) is 3.39. The van der Waals surface area contributed by atoms with Gasteiger partial charge in [-0.1, -0.05) is 42.5 Å². The molecule has 34 heavy (non-hydrogen) atoms. The van der Waals surface area contributed by atoms with Gasteiger partial charge in [0.15, 0.2) is 0 Å². The van der Waals surface area contributed by atoms with Crippen molar-refractivity contribution in [1.82, 2.24) is 9.88 Å². The molecule has 1 heterocycles. The highest BCUT2D eigenvalue weighted by molar-refractivity contribution is 6.08. The SMILES string of the molecule is CN(C)C(=O)c1cccc(-c2ncc(-c3ccc(Oc4ccccc4)cc3)c(C(=N)N)c2N)c1. The highest BCUT2D eigenvalue weighted by atomic mass is 16.5. The molecule has 1 aromatic heterocycles. The average Bonchev–Trinajstić information content (AvgIpc) is 2.84. The molecule has 0 aliphatic heterocycles. The Hall–Kier alpha value is -4.65. The third-order valence-electron chi connectivity index (χ3n) is 5.32. The summed E-state index contributed by atoms with van der Waals surface area (Å²) in [5.74, 6) is 1.13. The fourth-order valence-electron chi connectivity index (χ4n) is 3.65. The topological polar surface area (TPSA) is 118 Å². The number of carbonyl (C=O) groups is 1. The van der Waals surface area contributed by atoms with E-state index >= 15 is 0 Å². The number of amides is 1. The van der Waals surface area contributed by atoms with Crippen molar-refractivity contribution in [2.75, 3.05) is 19.8 Å². The number of carbonyl (C=O) groups excluding carboxylic acids is 1. The minimum atomic E-state index is -0.165. The molecule has 0 bridgehead atoms. The molecule has 0 spiro atoms. The number of benzene rings is 3. The lowest BCUT2D eigenvalue weighted by molar-refractivity contribution is 0.0827. The van der Waals surface area contributed by atoms with Gasteiger partial charge in [-0.25, -0.2) is 0 Å². The number of nitrogens with two attached hydrogens (primary N) is 2. The van der Waals surface area contributed by atoms with Crippen LogP contribution in [-0.2, 0) is 0 Å². The van der Waals surface area contributed by atoms with E-state index in [0.29, 0.717) is 33.7 Å². The first-order chi connectivity index (χ1) is 16.3. The number of rotatable bonds is 6. The molecule has 0 saturated carbocycles.